The van der Waals surface area contributed by atoms with Gasteiger partial charge in [0.1, 0.15) is 0 Å². The number of guanidine groups is 1. The lowest BCUT2D eigenvalue weighted by molar-refractivity contribution is 0.297. The summed E-state index contributed by atoms with van der Waals surface area (Å²) in [5, 5.41) is 6.47. The molecule has 0 fully saturated rings. The van der Waals surface area contributed by atoms with E-state index in [-0.39, 0.29) is 28.7 Å². The maximum atomic E-state index is 12.1. The molecule has 1 unspecified atom stereocenters. The van der Waals surface area contributed by atoms with Crippen molar-refractivity contribution in [3.63, 3.8) is 0 Å². The number of fused-ring (bicyclic) bond motifs is 1. The van der Waals surface area contributed by atoms with Crippen LogP contribution in [0.5, 0.6) is 11.5 Å². The highest BCUT2D eigenvalue weighted by molar-refractivity contribution is 14.0. The van der Waals surface area contributed by atoms with Gasteiger partial charge in [-0.3, -0.25) is 9.20 Å². The average Bonchev–Trinajstić information content (AvgIpc) is 2.79. The zero-order chi connectivity index (χ0) is 18.3. The summed E-state index contributed by atoms with van der Waals surface area (Å²) in [4.78, 5) is 4.52. The summed E-state index contributed by atoms with van der Waals surface area (Å²) in [5.41, 5.74) is 0.876. The van der Waals surface area contributed by atoms with E-state index in [1.54, 1.807) is 0 Å². The second-order valence-corrected chi connectivity index (χ2v) is 9.08. The standard InChI is InChI=1S/C18H29N3O3S.HI/c1-5-19-17(20-9-12-25(22)18(2,3)4)21-14-7-8-15-16(13-14)24-11-6-10-23-15;/h7-8,13H,5-6,9-12H2,1-4H3,(H2,19,20,21);1H. The molecule has 26 heavy (non-hydrogen) atoms. The highest BCUT2D eigenvalue weighted by atomic mass is 127. The number of hydrogen-bond donors (Lipinski definition) is 2. The van der Waals surface area contributed by atoms with Gasteiger partial charge in [0.2, 0.25) is 0 Å². The quantitative estimate of drug-likeness (QED) is 0.372. The van der Waals surface area contributed by atoms with Gasteiger partial charge in [0.25, 0.3) is 0 Å². The third-order valence-electron chi connectivity index (χ3n) is 3.58. The van der Waals surface area contributed by atoms with Gasteiger partial charge in [0, 0.05) is 46.0 Å². The molecule has 1 heterocycles. The summed E-state index contributed by atoms with van der Waals surface area (Å²) in [6.07, 6.45) is 0.881. The van der Waals surface area contributed by atoms with Gasteiger partial charge in [-0.2, -0.15) is 0 Å². The summed E-state index contributed by atoms with van der Waals surface area (Å²) in [6, 6.07) is 5.76. The molecule has 148 valence electrons. The van der Waals surface area contributed by atoms with Crippen LogP contribution in [0.2, 0.25) is 0 Å². The third kappa shape index (κ3) is 7.30. The van der Waals surface area contributed by atoms with E-state index in [9.17, 15) is 4.21 Å². The molecule has 0 aliphatic carbocycles. The summed E-state index contributed by atoms with van der Waals surface area (Å²) in [6.45, 7) is 10.5. The first kappa shape index (κ1) is 23.0. The zero-order valence-corrected chi connectivity index (χ0v) is 19.1. The molecule has 0 aromatic heterocycles. The Hall–Kier alpha value is -1.03. The van der Waals surface area contributed by atoms with Crippen LogP contribution in [0.15, 0.2) is 23.2 Å². The van der Waals surface area contributed by atoms with Crippen LogP contribution in [0.4, 0.5) is 5.69 Å². The molecule has 1 aliphatic rings. The van der Waals surface area contributed by atoms with Crippen LogP contribution in [0.1, 0.15) is 34.1 Å². The van der Waals surface area contributed by atoms with Crippen LogP contribution < -0.4 is 20.1 Å². The van der Waals surface area contributed by atoms with E-state index < -0.39 is 10.8 Å². The van der Waals surface area contributed by atoms with E-state index in [1.165, 1.54) is 0 Å². The predicted octanol–water partition coefficient (Wildman–Crippen LogP) is 3.39. The first-order valence-corrected chi connectivity index (χ1v) is 10.1. The lowest BCUT2D eigenvalue weighted by Gasteiger charge is -2.17. The zero-order valence-electron chi connectivity index (χ0n) is 16.0. The van der Waals surface area contributed by atoms with Crippen LogP contribution in [0, 0.1) is 0 Å². The Morgan fingerprint density at radius 3 is 2.58 bits per heavy atom. The van der Waals surface area contributed by atoms with Crippen molar-refractivity contribution in [2.45, 2.75) is 38.9 Å². The highest BCUT2D eigenvalue weighted by Gasteiger charge is 2.18. The van der Waals surface area contributed by atoms with Crippen molar-refractivity contribution >= 4 is 46.4 Å². The van der Waals surface area contributed by atoms with Gasteiger partial charge in [0.15, 0.2) is 17.5 Å². The van der Waals surface area contributed by atoms with Gasteiger partial charge >= 0.3 is 0 Å². The SMILES string of the molecule is CCNC(=NCCS(=O)C(C)(C)C)Nc1ccc2c(c1)OCCCO2.I. The Morgan fingerprint density at radius 1 is 1.23 bits per heavy atom. The second kappa shape index (κ2) is 11.0. The molecular weight excluding hydrogens is 465 g/mol. The molecule has 0 amide bonds. The Bertz CT molecular complexity index is 633. The van der Waals surface area contributed by atoms with E-state index in [1.807, 2.05) is 45.9 Å². The van der Waals surface area contributed by atoms with Crippen molar-refractivity contribution in [1.82, 2.24) is 5.32 Å². The molecular formula is C18H30IN3O3S. The predicted molar refractivity (Wildman–Crippen MR) is 120 cm³/mol. The molecule has 1 atom stereocenters. The van der Waals surface area contributed by atoms with Crippen molar-refractivity contribution < 1.29 is 13.7 Å². The lowest BCUT2D eigenvalue weighted by atomic mass is 10.3. The molecule has 1 aromatic carbocycles. The largest absolute Gasteiger partial charge is 0.490 e. The number of nitrogens with one attached hydrogen (secondary N) is 2. The van der Waals surface area contributed by atoms with E-state index in [0.717, 1.165) is 30.2 Å². The number of aliphatic imine (C=N–C) groups is 1. The van der Waals surface area contributed by atoms with Crippen LogP contribution >= 0.6 is 24.0 Å². The highest BCUT2D eigenvalue weighted by Crippen LogP contribution is 2.32. The number of anilines is 1. The Balaban J connectivity index is 0.00000338. The lowest BCUT2D eigenvalue weighted by Crippen LogP contribution is -2.32. The van der Waals surface area contributed by atoms with Gasteiger partial charge in [-0.15, -0.1) is 24.0 Å². The van der Waals surface area contributed by atoms with Crippen LogP contribution in [0.25, 0.3) is 0 Å². The fraction of sp³-hybridized carbons (Fsp3) is 0.611. The first-order chi connectivity index (χ1) is 11.9. The van der Waals surface area contributed by atoms with E-state index in [2.05, 4.69) is 15.6 Å². The molecule has 2 N–H and O–H groups in total. The smallest absolute Gasteiger partial charge is 0.195 e. The number of ether oxygens (including phenoxy) is 2. The van der Waals surface area contributed by atoms with Crippen LogP contribution in [0.3, 0.4) is 0 Å². The van der Waals surface area contributed by atoms with Gasteiger partial charge < -0.3 is 20.1 Å². The number of hydrogen-bond acceptors (Lipinski definition) is 4. The first-order valence-electron chi connectivity index (χ1n) is 8.73. The van der Waals surface area contributed by atoms with Gasteiger partial charge in [-0.1, -0.05) is 0 Å². The van der Waals surface area contributed by atoms with Crippen LogP contribution in [-0.4, -0.2) is 47.0 Å². The van der Waals surface area contributed by atoms with Crippen molar-refractivity contribution in [2.75, 3.05) is 37.4 Å². The molecule has 0 radical (unpaired) electrons. The normalized spacial score (nSPS) is 15.5. The number of benzene rings is 1. The van der Waals surface area contributed by atoms with E-state index in [4.69, 9.17) is 9.47 Å². The topological polar surface area (TPSA) is 72.0 Å². The minimum absolute atomic E-state index is 0. The van der Waals surface area contributed by atoms with Crippen molar-refractivity contribution in [2.24, 2.45) is 4.99 Å². The van der Waals surface area contributed by atoms with E-state index in [0.29, 0.717) is 31.5 Å². The minimum atomic E-state index is -0.907. The molecule has 0 spiro atoms. The van der Waals surface area contributed by atoms with Gasteiger partial charge in [-0.05, 0) is 39.8 Å². The summed E-state index contributed by atoms with van der Waals surface area (Å²) in [7, 11) is -0.907. The second-order valence-electron chi connectivity index (χ2n) is 6.76. The van der Waals surface area contributed by atoms with E-state index >= 15 is 0 Å². The molecule has 0 bridgehead atoms. The molecule has 0 saturated heterocycles. The van der Waals surface area contributed by atoms with Gasteiger partial charge in [0.05, 0.1) is 19.8 Å². The van der Waals surface area contributed by atoms with Crippen molar-refractivity contribution in [1.29, 1.82) is 0 Å². The molecule has 2 rings (SSSR count). The summed E-state index contributed by atoms with van der Waals surface area (Å²) in [5.74, 6) is 2.72. The van der Waals surface area contributed by atoms with Gasteiger partial charge in [-0.25, -0.2) is 0 Å². The molecule has 6 nitrogen and oxygen atoms in total. The number of rotatable bonds is 5. The monoisotopic (exact) mass is 495 g/mol. The maximum absolute atomic E-state index is 12.1. The fourth-order valence-corrected chi connectivity index (χ4v) is 3.10. The third-order valence-corrected chi connectivity index (χ3v) is 5.50. The fourth-order valence-electron chi connectivity index (χ4n) is 2.23. The molecule has 0 saturated carbocycles. The van der Waals surface area contributed by atoms with Crippen molar-refractivity contribution in [3.05, 3.63) is 18.2 Å². The Labute approximate surface area is 176 Å². The summed E-state index contributed by atoms with van der Waals surface area (Å²) < 4.78 is 23.3. The Kier molecular flexibility index (Phi) is 9.70. The molecule has 1 aromatic rings. The molecule has 8 heteroatoms. The maximum Gasteiger partial charge on any atom is 0.195 e. The van der Waals surface area contributed by atoms with Crippen LogP contribution in [-0.2, 0) is 10.8 Å². The Morgan fingerprint density at radius 2 is 1.92 bits per heavy atom. The molecule has 1 aliphatic heterocycles. The number of nitrogens with zero attached hydrogens (tertiary/aromatic N) is 1. The average molecular weight is 495 g/mol. The minimum Gasteiger partial charge on any atom is -0.490 e. The van der Waals surface area contributed by atoms with Crippen molar-refractivity contribution in [3.8, 4) is 11.5 Å². The number of halogens is 1. The summed E-state index contributed by atoms with van der Waals surface area (Å²) >= 11 is 0.